The summed E-state index contributed by atoms with van der Waals surface area (Å²) >= 11 is -1.83. The summed E-state index contributed by atoms with van der Waals surface area (Å²) in [6.45, 7) is 2.07. The van der Waals surface area contributed by atoms with Crippen molar-refractivity contribution in [3.05, 3.63) is 47.7 Å². The van der Waals surface area contributed by atoms with Crippen LogP contribution < -0.4 is 8.96 Å². The van der Waals surface area contributed by atoms with Gasteiger partial charge in [-0.1, -0.05) is 0 Å². The van der Waals surface area contributed by atoms with Crippen molar-refractivity contribution in [2.45, 2.75) is 24.2 Å². The molecule has 0 radical (unpaired) electrons. The first-order valence-corrected chi connectivity index (χ1v) is 14.2. The SMILES string of the molecule is Cc1cc(C#N)ccc1-c1c[c]([Ge]([CH3])([CH3])[CH3])cc[n+]1C. The van der Waals surface area contributed by atoms with Crippen molar-refractivity contribution >= 4 is 17.7 Å². The molecule has 0 saturated carbocycles. The Morgan fingerprint density at radius 1 is 1.10 bits per heavy atom. The molecule has 1 aromatic carbocycles. The minimum absolute atomic E-state index is 0.721. The summed E-state index contributed by atoms with van der Waals surface area (Å²) in [6, 6.07) is 12.7. The molecule has 0 aliphatic carbocycles. The number of aromatic nitrogens is 1. The molecule has 0 saturated heterocycles. The van der Waals surface area contributed by atoms with Gasteiger partial charge in [0.15, 0.2) is 0 Å². The second-order valence-electron chi connectivity index (χ2n) is 6.30. The van der Waals surface area contributed by atoms with E-state index in [0.29, 0.717) is 0 Å². The van der Waals surface area contributed by atoms with Gasteiger partial charge in [-0.15, -0.1) is 0 Å². The predicted octanol–water partition coefficient (Wildman–Crippen LogP) is 2.90. The minimum atomic E-state index is -1.83. The van der Waals surface area contributed by atoms with Crippen molar-refractivity contribution in [1.29, 1.82) is 5.26 Å². The maximum absolute atomic E-state index is 8.98. The molecule has 1 heterocycles. The second kappa shape index (κ2) is 5.42. The van der Waals surface area contributed by atoms with E-state index in [1.807, 2.05) is 12.1 Å². The maximum atomic E-state index is 8.98. The van der Waals surface area contributed by atoms with E-state index in [9.17, 15) is 0 Å². The van der Waals surface area contributed by atoms with Gasteiger partial charge in [0.1, 0.15) is 0 Å². The van der Waals surface area contributed by atoms with Gasteiger partial charge in [0, 0.05) is 0 Å². The van der Waals surface area contributed by atoms with E-state index >= 15 is 0 Å². The van der Waals surface area contributed by atoms with Crippen molar-refractivity contribution in [2.75, 3.05) is 0 Å². The molecule has 1 aromatic heterocycles. The molecule has 2 nitrogen and oxygen atoms in total. The average Bonchev–Trinajstić information content (AvgIpc) is 2.38. The number of hydrogen-bond donors (Lipinski definition) is 0. The standard InChI is InChI=1S/C17H21GeN2/c1-13-10-14(12-19)6-7-16(13)17-11-15(18(2,3)4)8-9-20(17)5/h6-11H,1-5H3/q+1. The van der Waals surface area contributed by atoms with Gasteiger partial charge in [-0.2, -0.15) is 0 Å². The fraction of sp³-hybridized carbons (Fsp3) is 0.294. The molecule has 2 rings (SSSR count). The number of rotatable bonds is 2. The molecule has 0 fully saturated rings. The van der Waals surface area contributed by atoms with Crippen molar-refractivity contribution in [1.82, 2.24) is 0 Å². The molecule has 0 unspecified atom stereocenters. The molecule has 3 heteroatoms. The van der Waals surface area contributed by atoms with E-state index in [1.165, 1.54) is 15.7 Å². The zero-order valence-electron chi connectivity index (χ0n) is 12.9. The zero-order chi connectivity index (χ0) is 14.9. The van der Waals surface area contributed by atoms with Crippen molar-refractivity contribution in [3.63, 3.8) is 0 Å². The van der Waals surface area contributed by atoms with Gasteiger partial charge in [-0.05, 0) is 0 Å². The number of aryl methyl sites for hydroxylation is 2. The Morgan fingerprint density at radius 3 is 2.35 bits per heavy atom. The van der Waals surface area contributed by atoms with E-state index in [1.54, 1.807) is 0 Å². The molecular formula is C17H21GeN2+. The molecule has 0 aliphatic heterocycles. The first kappa shape index (κ1) is 14.8. The van der Waals surface area contributed by atoms with Crippen LogP contribution in [0.4, 0.5) is 0 Å². The second-order valence-corrected chi connectivity index (χ2v) is 17.0. The van der Waals surface area contributed by atoms with Crippen LogP contribution in [0.2, 0.25) is 17.3 Å². The van der Waals surface area contributed by atoms with E-state index < -0.39 is 13.3 Å². The summed E-state index contributed by atoms with van der Waals surface area (Å²) in [5, 5.41) is 8.98. The van der Waals surface area contributed by atoms with Gasteiger partial charge >= 0.3 is 124 Å². The van der Waals surface area contributed by atoms with Crippen LogP contribution in [-0.4, -0.2) is 13.3 Å². The first-order chi connectivity index (χ1) is 9.32. The summed E-state index contributed by atoms with van der Waals surface area (Å²) in [5.74, 6) is 7.22. The molecular weight excluding hydrogens is 305 g/mol. The van der Waals surface area contributed by atoms with Crippen LogP contribution in [0.1, 0.15) is 11.1 Å². The van der Waals surface area contributed by atoms with E-state index in [2.05, 4.69) is 66.3 Å². The number of pyridine rings is 1. The van der Waals surface area contributed by atoms with Gasteiger partial charge in [0.25, 0.3) is 0 Å². The normalized spacial score (nSPS) is 11.2. The predicted molar refractivity (Wildman–Crippen MR) is 85.5 cm³/mol. The molecule has 0 aliphatic rings. The Labute approximate surface area is 124 Å². The summed E-state index contributed by atoms with van der Waals surface area (Å²) in [6.07, 6.45) is 2.15. The van der Waals surface area contributed by atoms with Crippen molar-refractivity contribution < 1.29 is 4.57 Å². The van der Waals surface area contributed by atoms with Crippen LogP contribution >= 0.6 is 0 Å². The summed E-state index contributed by atoms with van der Waals surface area (Å²) in [4.78, 5) is 0. The van der Waals surface area contributed by atoms with Crippen LogP contribution in [-0.2, 0) is 7.05 Å². The topological polar surface area (TPSA) is 27.7 Å². The van der Waals surface area contributed by atoms with Crippen LogP contribution in [0.25, 0.3) is 11.3 Å². The summed E-state index contributed by atoms with van der Waals surface area (Å²) in [5.41, 5.74) is 4.31. The fourth-order valence-corrected chi connectivity index (χ4v) is 4.73. The molecule has 0 amide bonds. The van der Waals surface area contributed by atoms with Crippen LogP contribution in [0.5, 0.6) is 0 Å². The van der Waals surface area contributed by atoms with Crippen molar-refractivity contribution in [2.24, 2.45) is 7.05 Å². The third kappa shape index (κ3) is 2.94. The van der Waals surface area contributed by atoms with Crippen molar-refractivity contribution in [3.8, 4) is 17.3 Å². The van der Waals surface area contributed by atoms with Crippen LogP contribution in [0.15, 0.2) is 36.5 Å². The number of hydrogen-bond acceptors (Lipinski definition) is 1. The average molecular weight is 326 g/mol. The van der Waals surface area contributed by atoms with Gasteiger partial charge < -0.3 is 0 Å². The molecule has 20 heavy (non-hydrogen) atoms. The number of nitriles is 1. The monoisotopic (exact) mass is 327 g/mol. The number of nitrogens with zero attached hydrogens (tertiary/aromatic N) is 2. The Morgan fingerprint density at radius 2 is 1.80 bits per heavy atom. The zero-order valence-corrected chi connectivity index (χ0v) is 15.0. The molecule has 2 aromatic rings. The molecule has 0 spiro atoms. The fourth-order valence-electron chi connectivity index (χ4n) is 2.32. The quantitative estimate of drug-likeness (QED) is 0.616. The summed E-state index contributed by atoms with van der Waals surface area (Å²) < 4.78 is 3.66. The van der Waals surface area contributed by atoms with E-state index in [-0.39, 0.29) is 0 Å². The Balaban J connectivity index is 2.61. The third-order valence-electron chi connectivity index (χ3n) is 3.65. The summed E-state index contributed by atoms with van der Waals surface area (Å²) in [7, 11) is 2.08. The molecule has 0 N–H and O–H groups in total. The van der Waals surface area contributed by atoms with Gasteiger partial charge in [0.05, 0.1) is 0 Å². The Bertz CT molecular complexity index is 691. The van der Waals surface area contributed by atoms with Gasteiger partial charge in [-0.25, -0.2) is 0 Å². The van der Waals surface area contributed by atoms with Crippen LogP contribution in [0.3, 0.4) is 0 Å². The van der Waals surface area contributed by atoms with E-state index in [0.717, 1.165) is 11.1 Å². The number of benzene rings is 1. The van der Waals surface area contributed by atoms with Gasteiger partial charge in [0.2, 0.25) is 0 Å². The first-order valence-electron chi connectivity index (χ1n) is 6.84. The Hall–Kier alpha value is -1.60. The third-order valence-corrected chi connectivity index (χ3v) is 7.93. The van der Waals surface area contributed by atoms with E-state index in [4.69, 9.17) is 5.26 Å². The molecule has 102 valence electrons. The van der Waals surface area contributed by atoms with Gasteiger partial charge in [-0.3, -0.25) is 0 Å². The van der Waals surface area contributed by atoms with Crippen LogP contribution in [0, 0.1) is 18.3 Å². The molecule has 0 bridgehead atoms. The Kier molecular flexibility index (Phi) is 4.01. The molecule has 0 atom stereocenters.